The van der Waals surface area contributed by atoms with Gasteiger partial charge in [-0.2, -0.15) is 0 Å². The highest BCUT2D eigenvalue weighted by Crippen LogP contribution is 2.32. The number of anilines is 2. The SMILES string of the molecule is CCNc1nc(NCCC2CC2)c(F)cc1F. The highest BCUT2D eigenvalue weighted by molar-refractivity contribution is 5.47. The summed E-state index contributed by atoms with van der Waals surface area (Å²) in [7, 11) is 0. The lowest BCUT2D eigenvalue weighted by Gasteiger charge is -2.10. The zero-order chi connectivity index (χ0) is 12.3. The fourth-order valence-electron chi connectivity index (χ4n) is 1.68. The predicted molar refractivity (Wildman–Crippen MR) is 64.1 cm³/mol. The van der Waals surface area contributed by atoms with Crippen molar-refractivity contribution in [1.29, 1.82) is 0 Å². The minimum Gasteiger partial charge on any atom is -0.368 e. The molecule has 0 aromatic carbocycles. The van der Waals surface area contributed by atoms with Crippen LogP contribution in [0.3, 0.4) is 0 Å². The molecule has 2 N–H and O–H groups in total. The third-order valence-electron chi connectivity index (χ3n) is 2.82. The van der Waals surface area contributed by atoms with Crippen LogP contribution in [-0.4, -0.2) is 18.1 Å². The van der Waals surface area contributed by atoms with Crippen LogP contribution in [0.4, 0.5) is 20.4 Å². The summed E-state index contributed by atoms with van der Waals surface area (Å²) >= 11 is 0. The average molecular weight is 241 g/mol. The van der Waals surface area contributed by atoms with Crippen LogP contribution in [0.5, 0.6) is 0 Å². The quantitative estimate of drug-likeness (QED) is 0.804. The zero-order valence-electron chi connectivity index (χ0n) is 9.89. The molecular formula is C12H17F2N3. The molecule has 1 aliphatic rings. The van der Waals surface area contributed by atoms with E-state index in [0.717, 1.165) is 18.4 Å². The van der Waals surface area contributed by atoms with Gasteiger partial charge in [0.1, 0.15) is 0 Å². The van der Waals surface area contributed by atoms with Crippen molar-refractivity contribution in [3.63, 3.8) is 0 Å². The van der Waals surface area contributed by atoms with Crippen molar-refractivity contribution in [2.75, 3.05) is 23.7 Å². The van der Waals surface area contributed by atoms with Crippen LogP contribution in [0.2, 0.25) is 0 Å². The maximum atomic E-state index is 13.4. The highest BCUT2D eigenvalue weighted by Gasteiger charge is 2.20. The summed E-state index contributed by atoms with van der Waals surface area (Å²) < 4.78 is 26.7. The molecule has 0 atom stereocenters. The van der Waals surface area contributed by atoms with Crippen molar-refractivity contribution in [2.45, 2.75) is 26.2 Å². The van der Waals surface area contributed by atoms with Crippen LogP contribution in [0.15, 0.2) is 6.07 Å². The van der Waals surface area contributed by atoms with Crippen molar-refractivity contribution in [3.05, 3.63) is 17.7 Å². The molecule has 0 unspecified atom stereocenters. The number of hydrogen-bond acceptors (Lipinski definition) is 3. The van der Waals surface area contributed by atoms with Gasteiger partial charge in [0.25, 0.3) is 0 Å². The number of nitrogens with zero attached hydrogens (tertiary/aromatic N) is 1. The van der Waals surface area contributed by atoms with Crippen molar-refractivity contribution < 1.29 is 8.78 Å². The largest absolute Gasteiger partial charge is 0.368 e. The summed E-state index contributed by atoms with van der Waals surface area (Å²) in [5.41, 5.74) is 0. The van der Waals surface area contributed by atoms with Gasteiger partial charge in [0, 0.05) is 19.2 Å². The number of pyridine rings is 1. The molecule has 1 heterocycles. The fraction of sp³-hybridized carbons (Fsp3) is 0.583. The maximum absolute atomic E-state index is 13.4. The normalized spacial score (nSPS) is 14.8. The summed E-state index contributed by atoms with van der Waals surface area (Å²) in [6, 6.07) is 0.866. The van der Waals surface area contributed by atoms with E-state index in [1.807, 2.05) is 6.92 Å². The Morgan fingerprint density at radius 3 is 2.47 bits per heavy atom. The Morgan fingerprint density at radius 2 is 1.88 bits per heavy atom. The lowest BCUT2D eigenvalue weighted by molar-refractivity contribution is 0.577. The molecule has 0 bridgehead atoms. The smallest absolute Gasteiger partial charge is 0.168 e. The Morgan fingerprint density at radius 1 is 1.24 bits per heavy atom. The van der Waals surface area contributed by atoms with Gasteiger partial charge < -0.3 is 10.6 Å². The molecule has 1 aromatic rings. The lowest BCUT2D eigenvalue weighted by atomic mass is 10.3. The van der Waals surface area contributed by atoms with Gasteiger partial charge >= 0.3 is 0 Å². The number of rotatable bonds is 6. The summed E-state index contributed by atoms with van der Waals surface area (Å²) in [4.78, 5) is 3.91. The Labute approximate surface area is 99.6 Å². The van der Waals surface area contributed by atoms with Gasteiger partial charge in [-0.25, -0.2) is 13.8 Å². The molecule has 94 valence electrons. The average Bonchev–Trinajstić information content (AvgIpc) is 3.08. The van der Waals surface area contributed by atoms with Gasteiger partial charge in [-0.15, -0.1) is 0 Å². The zero-order valence-corrected chi connectivity index (χ0v) is 9.89. The van der Waals surface area contributed by atoms with Crippen LogP contribution in [0, 0.1) is 17.6 Å². The molecule has 5 heteroatoms. The molecule has 0 spiro atoms. The highest BCUT2D eigenvalue weighted by atomic mass is 19.1. The Bertz CT molecular complexity index is 392. The monoisotopic (exact) mass is 241 g/mol. The van der Waals surface area contributed by atoms with Crippen LogP contribution >= 0.6 is 0 Å². The Hall–Kier alpha value is -1.39. The van der Waals surface area contributed by atoms with Gasteiger partial charge in [-0.05, 0) is 19.3 Å². The molecule has 3 nitrogen and oxygen atoms in total. The minimum absolute atomic E-state index is 0.0998. The number of nitrogens with one attached hydrogen (secondary N) is 2. The van der Waals surface area contributed by atoms with Gasteiger partial charge in [-0.1, -0.05) is 12.8 Å². The van der Waals surface area contributed by atoms with Gasteiger partial charge in [0.2, 0.25) is 0 Å². The second kappa shape index (κ2) is 5.29. The summed E-state index contributed by atoms with van der Waals surface area (Å²) in [5.74, 6) is -0.290. The second-order valence-corrected chi connectivity index (χ2v) is 4.34. The van der Waals surface area contributed by atoms with E-state index in [1.54, 1.807) is 0 Å². The lowest BCUT2D eigenvalue weighted by Crippen LogP contribution is -2.10. The van der Waals surface area contributed by atoms with Crippen LogP contribution in [-0.2, 0) is 0 Å². The van der Waals surface area contributed by atoms with Gasteiger partial charge in [0.05, 0.1) is 0 Å². The molecule has 0 amide bonds. The first-order valence-electron chi connectivity index (χ1n) is 6.04. The summed E-state index contributed by atoms with van der Waals surface area (Å²) in [6.45, 7) is 3.08. The third-order valence-corrected chi connectivity index (χ3v) is 2.82. The predicted octanol–water partition coefficient (Wildman–Crippen LogP) is 3.00. The standard InChI is InChI=1S/C12H17F2N3/c1-2-15-11-9(13)7-10(14)12(17-11)16-6-5-8-3-4-8/h7-8H,2-6H2,1H3,(H2,15,16,17). The Kier molecular flexibility index (Phi) is 3.76. The molecule has 1 aliphatic carbocycles. The van der Waals surface area contributed by atoms with E-state index in [-0.39, 0.29) is 11.6 Å². The summed E-state index contributed by atoms with van der Waals surface area (Å²) in [6.07, 6.45) is 3.56. The number of hydrogen-bond donors (Lipinski definition) is 2. The first kappa shape index (κ1) is 12.1. The Balaban J connectivity index is 2.00. The van der Waals surface area contributed by atoms with E-state index in [0.29, 0.717) is 13.1 Å². The van der Waals surface area contributed by atoms with Crippen LogP contribution in [0.1, 0.15) is 26.2 Å². The molecule has 17 heavy (non-hydrogen) atoms. The van der Waals surface area contributed by atoms with Crippen molar-refractivity contribution in [3.8, 4) is 0 Å². The van der Waals surface area contributed by atoms with E-state index in [4.69, 9.17) is 0 Å². The van der Waals surface area contributed by atoms with E-state index in [1.165, 1.54) is 12.8 Å². The minimum atomic E-state index is -0.655. The maximum Gasteiger partial charge on any atom is 0.168 e. The van der Waals surface area contributed by atoms with Crippen molar-refractivity contribution >= 4 is 11.6 Å². The van der Waals surface area contributed by atoms with E-state index in [2.05, 4.69) is 15.6 Å². The second-order valence-electron chi connectivity index (χ2n) is 4.34. The van der Waals surface area contributed by atoms with Crippen LogP contribution < -0.4 is 10.6 Å². The fourth-order valence-corrected chi connectivity index (χ4v) is 1.68. The first-order chi connectivity index (χ1) is 8.20. The molecule has 0 saturated heterocycles. The molecule has 1 fully saturated rings. The molecular weight excluding hydrogens is 224 g/mol. The molecule has 0 aliphatic heterocycles. The number of aromatic nitrogens is 1. The van der Waals surface area contributed by atoms with Gasteiger partial charge in [0.15, 0.2) is 23.3 Å². The molecule has 0 radical (unpaired) electrons. The van der Waals surface area contributed by atoms with E-state index < -0.39 is 11.6 Å². The third kappa shape index (κ3) is 3.28. The van der Waals surface area contributed by atoms with Crippen molar-refractivity contribution in [2.24, 2.45) is 5.92 Å². The number of halogens is 2. The first-order valence-corrected chi connectivity index (χ1v) is 6.04. The molecule has 1 aromatic heterocycles. The van der Waals surface area contributed by atoms with E-state index >= 15 is 0 Å². The van der Waals surface area contributed by atoms with E-state index in [9.17, 15) is 8.78 Å². The topological polar surface area (TPSA) is 37.0 Å². The summed E-state index contributed by atoms with van der Waals surface area (Å²) in [5, 5.41) is 5.68. The molecule has 2 rings (SSSR count). The molecule has 1 saturated carbocycles. The van der Waals surface area contributed by atoms with Crippen molar-refractivity contribution in [1.82, 2.24) is 4.98 Å². The van der Waals surface area contributed by atoms with Crippen LogP contribution in [0.25, 0.3) is 0 Å². The van der Waals surface area contributed by atoms with Gasteiger partial charge in [-0.3, -0.25) is 0 Å².